The summed E-state index contributed by atoms with van der Waals surface area (Å²) in [6.45, 7) is 5.84. The molecule has 13 heteroatoms. The number of aliphatic hydroxyl groups excluding tert-OH is 1. The normalized spacial score (nSPS) is 22.1. The number of hydrogen-bond acceptors (Lipinski definition) is 8. The zero-order chi connectivity index (χ0) is 31.1. The van der Waals surface area contributed by atoms with Gasteiger partial charge in [-0.25, -0.2) is 21.1 Å². The summed E-state index contributed by atoms with van der Waals surface area (Å²) in [5.41, 5.74) is 0.328. The molecule has 0 unspecified atom stereocenters. The van der Waals surface area contributed by atoms with Gasteiger partial charge in [0.15, 0.2) is 0 Å². The molecule has 2 aromatic rings. The number of amides is 1. The lowest BCUT2D eigenvalue weighted by atomic mass is 10.0. The lowest BCUT2D eigenvalue weighted by molar-refractivity contribution is -0.00828. The van der Waals surface area contributed by atoms with E-state index in [1.807, 2.05) is 13.8 Å². The summed E-state index contributed by atoms with van der Waals surface area (Å²) in [4.78, 5) is 15.7. The van der Waals surface area contributed by atoms with Gasteiger partial charge < -0.3 is 19.5 Å². The maximum atomic E-state index is 14.1. The van der Waals surface area contributed by atoms with Gasteiger partial charge in [-0.05, 0) is 63.4 Å². The first-order chi connectivity index (χ1) is 19.7. The largest absolute Gasteiger partial charge is 0.490 e. The monoisotopic (exact) mass is 625 g/mol. The molecule has 0 spiro atoms. The highest BCUT2D eigenvalue weighted by atomic mass is 32.2. The van der Waals surface area contributed by atoms with Crippen molar-refractivity contribution in [1.82, 2.24) is 9.21 Å². The Hall–Kier alpha value is -2.71. The van der Waals surface area contributed by atoms with Crippen molar-refractivity contribution in [2.45, 2.75) is 63.2 Å². The SMILES string of the molecule is C[C@@H]1CCCCO[C@@H](CN(C)S(C)(=O)=O)[C@@H](C)CN([C@@H](C)CO)C(=O)c2cc(NS(=O)(=O)c3ccccc3)ccc2O1. The summed E-state index contributed by atoms with van der Waals surface area (Å²) in [7, 11) is -5.89. The van der Waals surface area contributed by atoms with Crippen LogP contribution in [0, 0.1) is 5.92 Å². The van der Waals surface area contributed by atoms with Crippen molar-refractivity contribution in [2.75, 3.05) is 44.3 Å². The quantitative estimate of drug-likeness (QED) is 0.456. The lowest BCUT2D eigenvalue weighted by Gasteiger charge is -2.35. The van der Waals surface area contributed by atoms with Gasteiger partial charge in [-0.2, -0.15) is 0 Å². The molecule has 0 fully saturated rings. The molecule has 11 nitrogen and oxygen atoms in total. The van der Waals surface area contributed by atoms with Gasteiger partial charge in [0.1, 0.15) is 5.75 Å². The number of hydrogen-bond donors (Lipinski definition) is 2. The first-order valence-corrected chi connectivity index (χ1v) is 17.4. The van der Waals surface area contributed by atoms with Crippen LogP contribution in [0.4, 0.5) is 5.69 Å². The van der Waals surface area contributed by atoms with Gasteiger partial charge in [0.25, 0.3) is 15.9 Å². The van der Waals surface area contributed by atoms with E-state index >= 15 is 0 Å². The Morgan fingerprint density at radius 1 is 1.10 bits per heavy atom. The third-order valence-electron chi connectivity index (χ3n) is 7.36. The molecule has 0 aliphatic carbocycles. The van der Waals surface area contributed by atoms with Crippen LogP contribution in [0.5, 0.6) is 5.75 Å². The van der Waals surface area contributed by atoms with Gasteiger partial charge >= 0.3 is 0 Å². The number of rotatable bonds is 8. The maximum Gasteiger partial charge on any atom is 0.261 e. The minimum Gasteiger partial charge on any atom is -0.490 e. The molecule has 2 aromatic carbocycles. The molecular weight excluding hydrogens is 582 g/mol. The average Bonchev–Trinajstić information content (AvgIpc) is 2.94. The first-order valence-electron chi connectivity index (χ1n) is 14.1. The molecule has 1 heterocycles. The number of sulfonamides is 2. The van der Waals surface area contributed by atoms with Crippen LogP contribution in [0.2, 0.25) is 0 Å². The summed E-state index contributed by atoms with van der Waals surface area (Å²) >= 11 is 0. The Morgan fingerprint density at radius 3 is 2.43 bits per heavy atom. The molecule has 2 N–H and O–H groups in total. The summed E-state index contributed by atoms with van der Waals surface area (Å²) in [5.74, 6) is -0.462. The number of fused-ring (bicyclic) bond motifs is 1. The second kappa shape index (κ2) is 14.6. The fraction of sp³-hybridized carbons (Fsp3) is 0.552. The minimum absolute atomic E-state index is 0.0794. The smallest absolute Gasteiger partial charge is 0.261 e. The summed E-state index contributed by atoms with van der Waals surface area (Å²) in [6.07, 6.45) is 2.58. The fourth-order valence-corrected chi connectivity index (χ4v) is 6.14. The van der Waals surface area contributed by atoms with E-state index in [0.717, 1.165) is 19.1 Å². The van der Waals surface area contributed by atoms with Crippen molar-refractivity contribution >= 4 is 31.6 Å². The maximum absolute atomic E-state index is 14.1. The molecular formula is C29H43N3O8S2. The predicted molar refractivity (Wildman–Crippen MR) is 162 cm³/mol. The Bertz CT molecular complexity index is 1400. The van der Waals surface area contributed by atoms with E-state index in [9.17, 15) is 26.7 Å². The topological polar surface area (TPSA) is 143 Å². The second-order valence-electron chi connectivity index (χ2n) is 11.0. The fourth-order valence-electron chi connectivity index (χ4n) is 4.65. The molecule has 1 amide bonds. The predicted octanol–water partition coefficient (Wildman–Crippen LogP) is 3.17. The van der Waals surface area contributed by atoms with E-state index in [1.165, 1.54) is 34.5 Å². The number of ether oxygens (including phenoxy) is 2. The number of nitrogens with zero attached hydrogens (tertiary/aromatic N) is 2. The van der Waals surface area contributed by atoms with Gasteiger partial charge in [-0.3, -0.25) is 9.52 Å². The van der Waals surface area contributed by atoms with E-state index in [-0.39, 0.29) is 47.9 Å². The molecule has 0 saturated carbocycles. The number of carbonyl (C=O) groups is 1. The van der Waals surface area contributed by atoms with Crippen molar-refractivity contribution in [2.24, 2.45) is 5.92 Å². The van der Waals surface area contributed by atoms with E-state index in [1.54, 1.807) is 37.3 Å². The van der Waals surface area contributed by atoms with Crippen LogP contribution in [0.1, 0.15) is 50.4 Å². The second-order valence-corrected chi connectivity index (χ2v) is 14.7. The number of likely N-dealkylation sites (N-methyl/N-ethyl adjacent to an activating group) is 1. The van der Waals surface area contributed by atoms with Crippen molar-refractivity contribution in [3.63, 3.8) is 0 Å². The summed E-state index contributed by atoms with van der Waals surface area (Å²) in [6, 6.07) is 11.9. The number of anilines is 1. The molecule has 3 rings (SSSR count). The van der Waals surface area contributed by atoms with Crippen molar-refractivity contribution in [1.29, 1.82) is 0 Å². The lowest BCUT2D eigenvalue weighted by Crippen LogP contribution is -2.47. The van der Waals surface area contributed by atoms with E-state index in [2.05, 4.69) is 4.72 Å². The Kier molecular flexibility index (Phi) is 11.8. The molecule has 1 aliphatic heterocycles. The zero-order valence-electron chi connectivity index (χ0n) is 24.9. The Labute approximate surface area is 249 Å². The highest BCUT2D eigenvalue weighted by Crippen LogP contribution is 2.29. The first kappa shape index (κ1) is 33.8. The van der Waals surface area contributed by atoms with Gasteiger partial charge in [0.05, 0.1) is 41.6 Å². The van der Waals surface area contributed by atoms with Crippen molar-refractivity contribution < 1.29 is 36.2 Å². The highest BCUT2D eigenvalue weighted by Gasteiger charge is 2.31. The molecule has 1 aliphatic rings. The molecule has 0 radical (unpaired) electrons. The van der Waals surface area contributed by atoms with Gasteiger partial charge in [0, 0.05) is 38.3 Å². The average molecular weight is 626 g/mol. The molecule has 0 bridgehead atoms. The molecule has 42 heavy (non-hydrogen) atoms. The molecule has 0 saturated heterocycles. The van der Waals surface area contributed by atoms with E-state index in [0.29, 0.717) is 18.8 Å². The van der Waals surface area contributed by atoms with Crippen LogP contribution >= 0.6 is 0 Å². The van der Waals surface area contributed by atoms with Crippen LogP contribution < -0.4 is 9.46 Å². The molecule has 0 aromatic heterocycles. The zero-order valence-corrected chi connectivity index (χ0v) is 26.5. The Balaban J connectivity index is 2.02. The van der Waals surface area contributed by atoms with Crippen molar-refractivity contribution in [3.8, 4) is 5.75 Å². The molecule has 234 valence electrons. The Morgan fingerprint density at radius 2 is 1.79 bits per heavy atom. The number of nitrogens with one attached hydrogen (secondary N) is 1. The van der Waals surface area contributed by atoms with Crippen molar-refractivity contribution in [3.05, 3.63) is 54.1 Å². The van der Waals surface area contributed by atoms with Crippen LogP contribution in [0.25, 0.3) is 0 Å². The van der Waals surface area contributed by atoms with Crippen LogP contribution in [-0.2, 0) is 24.8 Å². The standard InChI is InChI=1S/C29H43N3O8S2/c1-21-18-32(22(2)20-33)29(34)26-17-24(30-42(37,38)25-12-7-6-8-13-25)14-15-27(26)40-23(3)11-9-10-16-39-28(21)19-31(4)41(5,35)36/h6-8,12-15,17,21-23,28,30,33H,9-11,16,18-20H2,1-5H3/t21-,22-,23+,28-/m0/s1. The number of benzene rings is 2. The molecule has 4 atom stereocenters. The third kappa shape index (κ3) is 9.14. The number of carbonyl (C=O) groups excluding carboxylic acids is 1. The van der Waals surface area contributed by atoms with Gasteiger partial charge in [-0.1, -0.05) is 25.1 Å². The number of aliphatic hydroxyl groups is 1. The highest BCUT2D eigenvalue weighted by molar-refractivity contribution is 7.92. The van der Waals surface area contributed by atoms with Gasteiger partial charge in [0.2, 0.25) is 10.0 Å². The van der Waals surface area contributed by atoms with Crippen LogP contribution in [0.3, 0.4) is 0 Å². The minimum atomic E-state index is -3.92. The van der Waals surface area contributed by atoms with Crippen LogP contribution in [-0.4, -0.2) is 94.9 Å². The van der Waals surface area contributed by atoms with Gasteiger partial charge in [-0.15, -0.1) is 0 Å². The summed E-state index contributed by atoms with van der Waals surface area (Å²) in [5, 5.41) is 10.1. The third-order valence-corrected chi connectivity index (χ3v) is 10.0. The van der Waals surface area contributed by atoms with E-state index in [4.69, 9.17) is 9.47 Å². The van der Waals surface area contributed by atoms with E-state index < -0.39 is 38.1 Å². The van der Waals surface area contributed by atoms with Crippen LogP contribution in [0.15, 0.2) is 53.4 Å². The summed E-state index contributed by atoms with van der Waals surface area (Å²) < 4.78 is 66.4.